The topological polar surface area (TPSA) is 72.6 Å². The van der Waals surface area contributed by atoms with Gasteiger partial charge < -0.3 is 9.15 Å². The molecule has 5 aromatic rings. The van der Waals surface area contributed by atoms with E-state index in [2.05, 4.69) is 13.0 Å². The van der Waals surface area contributed by atoms with Crippen LogP contribution >= 0.6 is 11.3 Å². The van der Waals surface area contributed by atoms with Gasteiger partial charge in [0.25, 0.3) is 5.91 Å². The zero-order valence-electron chi connectivity index (χ0n) is 18.6. The van der Waals surface area contributed by atoms with Gasteiger partial charge in [-0.05, 0) is 53.9 Å². The second-order valence-electron chi connectivity index (χ2n) is 8.17. The first kappa shape index (κ1) is 20.6. The number of benzene rings is 3. The molecule has 3 heterocycles. The molecule has 2 aromatic heterocycles. The Morgan fingerprint density at radius 1 is 1.06 bits per heavy atom. The van der Waals surface area contributed by atoms with Crippen molar-refractivity contribution in [2.75, 3.05) is 12.0 Å². The minimum Gasteiger partial charge on any atom is -0.497 e. The smallest absolute Gasteiger partial charge is 0.297 e. The fourth-order valence-electron chi connectivity index (χ4n) is 4.50. The number of aryl methyl sites for hydroxylation is 1. The number of anilines is 1. The van der Waals surface area contributed by atoms with Gasteiger partial charge in [-0.15, -0.1) is 0 Å². The summed E-state index contributed by atoms with van der Waals surface area (Å²) in [7, 11) is 1.60. The zero-order valence-corrected chi connectivity index (χ0v) is 19.4. The number of nitrogens with zero attached hydrogens (tertiary/aromatic N) is 2. The molecule has 3 aromatic carbocycles. The van der Waals surface area contributed by atoms with E-state index in [1.54, 1.807) is 36.3 Å². The van der Waals surface area contributed by atoms with Gasteiger partial charge in [0, 0.05) is 0 Å². The first-order chi connectivity index (χ1) is 16.6. The highest BCUT2D eigenvalue weighted by Crippen LogP contribution is 2.43. The third-order valence-electron chi connectivity index (χ3n) is 6.27. The SMILES string of the molecule is CCc1ccc2nc(N3C(=O)c4oc5ccccc5c(=O)c4[C@@H]3c3ccc(OC)cc3)sc2c1. The van der Waals surface area contributed by atoms with Crippen molar-refractivity contribution in [1.29, 1.82) is 0 Å². The fraction of sp³-hybridized carbons (Fsp3) is 0.148. The Morgan fingerprint density at radius 3 is 2.62 bits per heavy atom. The van der Waals surface area contributed by atoms with Crippen LogP contribution in [0.15, 0.2) is 75.9 Å². The van der Waals surface area contributed by atoms with Gasteiger partial charge in [0.05, 0.1) is 34.3 Å². The molecule has 1 amide bonds. The Labute approximate surface area is 199 Å². The largest absolute Gasteiger partial charge is 0.497 e. The van der Waals surface area contributed by atoms with E-state index in [1.807, 2.05) is 36.4 Å². The van der Waals surface area contributed by atoms with E-state index in [4.69, 9.17) is 14.1 Å². The van der Waals surface area contributed by atoms with Crippen LogP contribution in [-0.4, -0.2) is 18.0 Å². The van der Waals surface area contributed by atoms with Crippen LogP contribution in [0.2, 0.25) is 0 Å². The van der Waals surface area contributed by atoms with Crippen LogP contribution in [0.5, 0.6) is 5.75 Å². The quantitative estimate of drug-likeness (QED) is 0.337. The molecule has 1 aliphatic heterocycles. The lowest BCUT2D eigenvalue weighted by atomic mass is 9.98. The van der Waals surface area contributed by atoms with E-state index >= 15 is 0 Å². The molecular formula is C27H20N2O4S. The van der Waals surface area contributed by atoms with Crippen molar-refractivity contribution >= 4 is 43.6 Å². The number of aromatic nitrogens is 1. The van der Waals surface area contributed by atoms with Crippen molar-refractivity contribution in [3.05, 3.63) is 99.4 Å². The summed E-state index contributed by atoms with van der Waals surface area (Å²) in [6.07, 6.45) is 0.913. The molecule has 0 radical (unpaired) electrons. The average molecular weight is 469 g/mol. The molecule has 0 fully saturated rings. The summed E-state index contributed by atoms with van der Waals surface area (Å²) in [6, 6.07) is 19.9. The van der Waals surface area contributed by atoms with E-state index in [9.17, 15) is 9.59 Å². The van der Waals surface area contributed by atoms with E-state index in [-0.39, 0.29) is 17.1 Å². The van der Waals surface area contributed by atoms with Gasteiger partial charge in [-0.1, -0.05) is 48.6 Å². The summed E-state index contributed by atoms with van der Waals surface area (Å²) < 4.78 is 12.3. The number of hydrogen-bond donors (Lipinski definition) is 0. The Hall–Kier alpha value is -3.97. The van der Waals surface area contributed by atoms with Crippen LogP contribution in [0.3, 0.4) is 0 Å². The number of hydrogen-bond acceptors (Lipinski definition) is 6. The molecule has 168 valence electrons. The number of carbonyl (C=O) groups excluding carboxylic acids is 1. The standard InChI is InChI=1S/C27H20N2O4S/c1-3-15-8-13-19-21(14-15)34-27(28-19)29-23(16-9-11-17(32-2)12-10-16)22-24(30)18-6-4-5-7-20(18)33-25(22)26(29)31/h4-14,23H,3H2,1-2H3/t23-/m0/s1. The number of ether oxygens (including phenoxy) is 1. The van der Waals surface area contributed by atoms with E-state index in [0.717, 1.165) is 22.2 Å². The van der Waals surface area contributed by atoms with Gasteiger partial charge in [-0.3, -0.25) is 14.5 Å². The van der Waals surface area contributed by atoms with Crippen molar-refractivity contribution in [2.24, 2.45) is 0 Å². The summed E-state index contributed by atoms with van der Waals surface area (Å²) in [5.41, 5.74) is 3.33. The highest BCUT2D eigenvalue weighted by atomic mass is 32.1. The Morgan fingerprint density at radius 2 is 1.85 bits per heavy atom. The van der Waals surface area contributed by atoms with Gasteiger partial charge in [0.15, 0.2) is 10.6 Å². The lowest BCUT2D eigenvalue weighted by Crippen LogP contribution is -2.29. The van der Waals surface area contributed by atoms with Crippen LogP contribution in [0.1, 0.15) is 40.2 Å². The van der Waals surface area contributed by atoms with E-state index in [1.165, 1.54) is 16.9 Å². The third kappa shape index (κ3) is 3.04. The minimum atomic E-state index is -0.652. The average Bonchev–Trinajstić information content (AvgIpc) is 3.42. The van der Waals surface area contributed by atoms with Gasteiger partial charge in [-0.2, -0.15) is 0 Å². The lowest BCUT2D eigenvalue weighted by molar-refractivity contribution is 0.0971. The molecule has 6 rings (SSSR count). The maximum atomic E-state index is 13.7. The molecule has 34 heavy (non-hydrogen) atoms. The first-order valence-electron chi connectivity index (χ1n) is 11.0. The second kappa shape index (κ2) is 7.81. The highest BCUT2D eigenvalue weighted by Gasteiger charge is 2.45. The van der Waals surface area contributed by atoms with E-state index in [0.29, 0.717) is 27.4 Å². The molecule has 0 aliphatic carbocycles. The maximum absolute atomic E-state index is 13.7. The molecule has 0 spiro atoms. The van der Waals surface area contributed by atoms with Gasteiger partial charge >= 0.3 is 0 Å². The first-order valence-corrected chi connectivity index (χ1v) is 11.8. The predicted octanol–water partition coefficient (Wildman–Crippen LogP) is 5.72. The Bertz CT molecular complexity index is 1630. The number of amides is 1. The van der Waals surface area contributed by atoms with Gasteiger partial charge in [-0.25, -0.2) is 4.98 Å². The van der Waals surface area contributed by atoms with Crippen LogP contribution < -0.4 is 15.1 Å². The number of methoxy groups -OCH3 is 1. The van der Waals surface area contributed by atoms with Gasteiger partial charge in [0.1, 0.15) is 11.3 Å². The summed E-state index contributed by atoms with van der Waals surface area (Å²) in [5, 5.41) is 0.982. The number of para-hydroxylation sites is 1. The second-order valence-corrected chi connectivity index (χ2v) is 9.18. The van der Waals surface area contributed by atoms with E-state index < -0.39 is 6.04 Å². The molecule has 6 nitrogen and oxygen atoms in total. The predicted molar refractivity (Wildman–Crippen MR) is 133 cm³/mol. The summed E-state index contributed by atoms with van der Waals surface area (Å²) in [4.78, 5) is 33.7. The van der Waals surface area contributed by atoms with Crippen molar-refractivity contribution in [3.63, 3.8) is 0 Å². The third-order valence-corrected chi connectivity index (χ3v) is 7.28. The van der Waals surface area contributed by atoms with Gasteiger partial charge in [0.2, 0.25) is 5.76 Å². The molecule has 0 saturated carbocycles. The normalized spacial score (nSPS) is 15.3. The van der Waals surface area contributed by atoms with Crippen LogP contribution in [0, 0.1) is 0 Å². The molecule has 0 saturated heterocycles. The summed E-state index contributed by atoms with van der Waals surface area (Å²) in [5.74, 6) is 0.393. The number of fused-ring (bicyclic) bond motifs is 3. The van der Waals surface area contributed by atoms with Crippen LogP contribution in [0.25, 0.3) is 21.2 Å². The number of carbonyl (C=O) groups is 1. The number of rotatable bonds is 4. The molecule has 0 unspecified atom stereocenters. The maximum Gasteiger partial charge on any atom is 0.297 e. The molecule has 0 N–H and O–H groups in total. The van der Waals surface area contributed by atoms with Crippen LogP contribution in [-0.2, 0) is 6.42 Å². The highest BCUT2D eigenvalue weighted by molar-refractivity contribution is 7.22. The molecule has 1 atom stereocenters. The molecule has 0 bridgehead atoms. The fourth-order valence-corrected chi connectivity index (χ4v) is 5.55. The monoisotopic (exact) mass is 468 g/mol. The Kier molecular flexibility index (Phi) is 4.74. The van der Waals surface area contributed by atoms with Crippen molar-refractivity contribution in [2.45, 2.75) is 19.4 Å². The van der Waals surface area contributed by atoms with Crippen molar-refractivity contribution in [1.82, 2.24) is 4.98 Å². The zero-order chi connectivity index (χ0) is 23.4. The lowest BCUT2D eigenvalue weighted by Gasteiger charge is -2.22. The van der Waals surface area contributed by atoms with Crippen LogP contribution in [0.4, 0.5) is 5.13 Å². The van der Waals surface area contributed by atoms with Crippen molar-refractivity contribution in [3.8, 4) is 5.75 Å². The minimum absolute atomic E-state index is 0.0676. The summed E-state index contributed by atoms with van der Waals surface area (Å²) >= 11 is 1.44. The molecule has 7 heteroatoms. The Balaban J connectivity index is 1.60. The number of thiazole rings is 1. The summed E-state index contributed by atoms with van der Waals surface area (Å²) in [6.45, 7) is 2.10. The van der Waals surface area contributed by atoms with Crippen molar-refractivity contribution < 1.29 is 13.9 Å². The molecular weight excluding hydrogens is 448 g/mol. The molecule has 1 aliphatic rings.